The first-order valence-corrected chi connectivity index (χ1v) is 11.8. The van der Waals surface area contributed by atoms with Crippen molar-refractivity contribution in [2.75, 3.05) is 5.32 Å². The maximum absolute atomic E-state index is 13.4. The zero-order chi connectivity index (χ0) is 24.5. The summed E-state index contributed by atoms with van der Waals surface area (Å²) in [5.74, 6) is 0.314. The third-order valence-electron chi connectivity index (χ3n) is 6.33. The number of nitrogens with zero attached hydrogens (tertiary/aromatic N) is 3. The van der Waals surface area contributed by atoms with Gasteiger partial charge < -0.3 is 5.32 Å². The largest absolute Gasteiger partial charge is 0.322 e. The number of carbonyl (C=O) groups excluding carboxylic acids is 1. The number of hydrogen-bond acceptors (Lipinski definition) is 3. The molecular weight excluding hydrogens is 432 g/mol. The summed E-state index contributed by atoms with van der Waals surface area (Å²) in [6.07, 6.45) is 1.82. The lowest BCUT2D eigenvalue weighted by molar-refractivity contribution is 0.102. The van der Waals surface area contributed by atoms with Gasteiger partial charge in [0.1, 0.15) is 0 Å². The molecular formula is C30H28N4O. The Morgan fingerprint density at radius 3 is 2.43 bits per heavy atom. The van der Waals surface area contributed by atoms with Crippen LogP contribution in [0.1, 0.15) is 46.9 Å². The number of nitrogens with one attached hydrogen (secondary N) is 1. The second-order valence-electron chi connectivity index (χ2n) is 9.20. The first kappa shape index (κ1) is 22.5. The monoisotopic (exact) mass is 460 g/mol. The number of pyridine rings is 1. The highest BCUT2D eigenvalue weighted by Crippen LogP contribution is 2.29. The van der Waals surface area contributed by atoms with Gasteiger partial charge in [0, 0.05) is 16.6 Å². The predicted molar refractivity (Wildman–Crippen MR) is 142 cm³/mol. The molecule has 1 N–H and O–H groups in total. The van der Waals surface area contributed by atoms with Crippen LogP contribution in [-0.2, 0) is 0 Å². The topological polar surface area (TPSA) is 59.8 Å². The molecule has 0 aliphatic heterocycles. The van der Waals surface area contributed by atoms with Crippen molar-refractivity contribution in [1.29, 1.82) is 0 Å². The molecule has 2 heterocycles. The van der Waals surface area contributed by atoms with Gasteiger partial charge in [-0.1, -0.05) is 56.3 Å². The number of aryl methyl sites for hydroxylation is 1. The highest BCUT2D eigenvalue weighted by molar-refractivity contribution is 6.13. The minimum absolute atomic E-state index is 0.162. The first-order chi connectivity index (χ1) is 16.9. The van der Waals surface area contributed by atoms with Crippen LogP contribution >= 0.6 is 0 Å². The predicted octanol–water partition coefficient (Wildman–Crippen LogP) is 7.08. The number of hydrogen-bond donors (Lipinski definition) is 1. The molecule has 5 aromatic rings. The summed E-state index contributed by atoms with van der Waals surface area (Å²) in [6.45, 7) is 8.41. The van der Waals surface area contributed by atoms with E-state index in [0.29, 0.717) is 11.5 Å². The second-order valence-corrected chi connectivity index (χ2v) is 9.20. The summed E-state index contributed by atoms with van der Waals surface area (Å²) >= 11 is 0. The van der Waals surface area contributed by atoms with Crippen molar-refractivity contribution < 1.29 is 4.79 Å². The van der Waals surface area contributed by atoms with Crippen molar-refractivity contribution in [3.8, 4) is 16.9 Å². The molecule has 0 aliphatic carbocycles. The van der Waals surface area contributed by atoms with Crippen molar-refractivity contribution in [3.05, 3.63) is 107 Å². The Hall–Kier alpha value is -4.25. The number of carbonyl (C=O) groups is 1. The van der Waals surface area contributed by atoms with Gasteiger partial charge in [0.15, 0.2) is 0 Å². The summed E-state index contributed by atoms with van der Waals surface area (Å²) < 4.78 is 1.92. The molecule has 3 aromatic carbocycles. The SMILES string of the molecule is Cc1cccc(NC(=O)c2cc(-c3cnn(-c4ccc(C(C)C)cc4)c3C)nc3ccccc23)c1. The third-order valence-corrected chi connectivity index (χ3v) is 6.33. The van der Waals surface area contributed by atoms with Gasteiger partial charge in [0.25, 0.3) is 5.91 Å². The van der Waals surface area contributed by atoms with Gasteiger partial charge in [-0.15, -0.1) is 0 Å². The average molecular weight is 461 g/mol. The van der Waals surface area contributed by atoms with Gasteiger partial charge in [-0.3, -0.25) is 4.79 Å². The Kier molecular flexibility index (Phi) is 5.91. The van der Waals surface area contributed by atoms with Crippen LogP contribution in [0.4, 0.5) is 5.69 Å². The molecule has 0 bridgehead atoms. The Morgan fingerprint density at radius 1 is 0.914 bits per heavy atom. The fraction of sp³-hybridized carbons (Fsp3) is 0.167. The second kappa shape index (κ2) is 9.18. The normalized spacial score (nSPS) is 11.2. The third kappa shape index (κ3) is 4.45. The van der Waals surface area contributed by atoms with E-state index in [1.54, 1.807) is 0 Å². The van der Waals surface area contributed by atoms with E-state index in [9.17, 15) is 4.79 Å². The Morgan fingerprint density at radius 2 is 1.69 bits per heavy atom. The van der Waals surface area contributed by atoms with Gasteiger partial charge in [0.05, 0.1) is 34.4 Å². The molecule has 5 nitrogen and oxygen atoms in total. The molecule has 174 valence electrons. The van der Waals surface area contributed by atoms with Crippen molar-refractivity contribution in [3.63, 3.8) is 0 Å². The van der Waals surface area contributed by atoms with Crippen LogP contribution in [0, 0.1) is 13.8 Å². The molecule has 35 heavy (non-hydrogen) atoms. The molecule has 0 radical (unpaired) electrons. The number of rotatable bonds is 5. The number of aromatic nitrogens is 3. The first-order valence-electron chi connectivity index (χ1n) is 11.8. The minimum Gasteiger partial charge on any atom is -0.322 e. The number of fused-ring (bicyclic) bond motifs is 1. The van der Waals surface area contributed by atoms with Crippen LogP contribution in [-0.4, -0.2) is 20.7 Å². The summed E-state index contributed by atoms with van der Waals surface area (Å²) in [5.41, 5.74) is 8.09. The van der Waals surface area contributed by atoms with E-state index in [1.807, 2.05) is 79.3 Å². The van der Waals surface area contributed by atoms with E-state index < -0.39 is 0 Å². The van der Waals surface area contributed by atoms with Crippen molar-refractivity contribution >= 4 is 22.5 Å². The Bertz CT molecular complexity index is 1530. The summed E-state index contributed by atoms with van der Waals surface area (Å²) in [6, 6.07) is 25.9. The van der Waals surface area contributed by atoms with Gasteiger partial charge in [-0.2, -0.15) is 5.10 Å². The van der Waals surface area contributed by atoms with Crippen LogP contribution in [0.2, 0.25) is 0 Å². The molecule has 0 aliphatic rings. The number of amides is 1. The van der Waals surface area contributed by atoms with Gasteiger partial charge in [0.2, 0.25) is 0 Å². The van der Waals surface area contributed by atoms with Crippen LogP contribution in [0.15, 0.2) is 85.1 Å². The van der Waals surface area contributed by atoms with Crippen LogP contribution in [0.3, 0.4) is 0 Å². The van der Waals surface area contributed by atoms with Crippen LogP contribution < -0.4 is 5.32 Å². The maximum Gasteiger partial charge on any atom is 0.256 e. The molecule has 5 heteroatoms. The molecule has 5 rings (SSSR count). The zero-order valence-corrected chi connectivity index (χ0v) is 20.4. The number of benzene rings is 3. The highest BCUT2D eigenvalue weighted by atomic mass is 16.1. The Labute approximate surface area is 205 Å². The molecule has 0 fully saturated rings. The van der Waals surface area contributed by atoms with E-state index >= 15 is 0 Å². The molecule has 1 amide bonds. The average Bonchev–Trinajstić information content (AvgIpc) is 3.24. The van der Waals surface area contributed by atoms with Crippen LogP contribution in [0.5, 0.6) is 0 Å². The van der Waals surface area contributed by atoms with Crippen molar-refractivity contribution in [2.45, 2.75) is 33.6 Å². The molecule has 2 aromatic heterocycles. The summed E-state index contributed by atoms with van der Waals surface area (Å²) in [4.78, 5) is 18.2. The van der Waals surface area contributed by atoms with Crippen molar-refractivity contribution in [1.82, 2.24) is 14.8 Å². The lowest BCUT2D eigenvalue weighted by Gasteiger charge is -2.11. The van der Waals surface area contributed by atoms with E-state index in [4.69, 9.17) is 4.98 Å². The number of para-hydroxylation sites is 1. The summed E-state index contributed by atoms with van der Waals surface area (Å²) in [5, 5.41) is 8.50. The Balaban J connectivity index is 1.56. The molecule has 0 saturated heterocycles. The minimum atomic E-state index is -0.162. The van der Waals surface area contributed by atoms with E-state index in [2.05, 4.69) is 48.5 Å². The van der Waals surface area contributed by atoms with Gasteiger partial charge in [-0.25, -0.2) is 9.67 Å². The fourth-order valence-corrected chi connectivity index (χ4v) is 4.34. The molecule has 0 saturated carbocycles. The van der Waals surface area contributed by atoms with E-state index in [1.165, 1.54) is 5.56 Å². The number of anilines is 1. The van der Waals surface area contributed by atoms with E-state index in [0.717, 1.165) is 44.8 Å². The molecule has 0 unspecified atom stereocenters. The summed E-state index contributed by atoms with van der Waals surface area (Å²) in [7, 11) is 0. The lowest BCUT2D eigenvalue weighted by atomic mass is 10.0. The van der Waals surface area contributed by atoms with E-state index in [-0.39, 0.29) is 5.91 Å². The molecule has 0 spiro atoms. The quantitative estimate of drug-likeness (QED) is 0.305. The smallest absolute Gasteiger partial charge is 0.256 e. The van der Waals surface area contributed by atoms with Crippen molar-refractivity contribution in [2.24, 2.45) is 0 Å². The maximum atomic E-state index is 13.4. The fourth-order valence-electron chi connectivity index (χ4n) is 4.34. The zero-order valence-electron chi connectivity index (χ0n) is 20.4. The van der Waals surface area contributed by atoms with Gasteiger partial charge >= 0.3 is 0 Å². The van der Waals surface area contributed by atoms with Gasteiger partial charge in [-0.05, 0) is 67.3 Å². The lowest BCUT2D eigenvalue weighted by Crippen LogP contribution is -2.13. The van der Waals surface area contributed by atoms with Crippen LogP contribution in [0.25, 0.3) is 27.8 Å². The molecule has 0 atom stereocenters. The highest BCUT2D eigenvalue weighted by Gasteiger charge is 2.17. The standard InChI is InChI=1S/C30H28N4O/c1-19(2)22-12-14-24(15-13-22)34-21(4)27(18-31-34)29-17-26(25-10-5-6-11-28(25)33-29)30(35)32-23-9-7-8-20(3)16-23/h5-19H,1-4H3,(H,32,35).